The van der Waals surface area contributed by atoms with Crippen molar-refractivity contribution in [3.05, 3.63) is 83.2 Å². The highest BCUT2D eigenvalue weighted by Crippen LogP contribution is 2.28. The van der Waals surface area contributed by atoms with Crippen molar-refractivity contribution in [1.82, 2.24) is 9.78 Å². The number of benzene rings is 2. The van der Waals surface area contributed by atoms with Crippen molar-refractivity contribution in [2.45, 2.75) is 6.18 Å². The van der Waals surface area contributed by atoms with Crippen molar-refractivity contribution in [3.8, 4) is 11.8 Å². The van der Waals surface area contributed by atoms with Gasteiger partial charge in [0.05, 0.1) is 17.3 Å². The highest BCUT2D eigenvalue weighted by atomic mass is 19.4. The molecule has 3 nitrogen and oxygen atoms in total. The fourth-order valence-electron chi connectivity index (χ4n) is 2.38. The van der Waals surface area contributed by atoms with E-state index in [2.05, 4.69) is 5.10 Å². The molecule has 0 aliphatic carbocycles. The van der Waals surface area contributed by atoms with E-state index in [9.17, 15) is 27.2 Å². The van der Waals surface area contributed by atoms with Crippen molar-refractivity contribution in [2.75, 3.05) is 0 Å². The Balaban J connectivity index is 1.91. The standard InChI is InChI=1S/C19H10F5N3/c20-14-3-6-17(21)16(10-14)13(11-25)9-12-1-4-15(5-2-12)27-8-7-18(26-27)19(22,23)24/h1-10H/b13-9+. The predicted molar refractivity (Wildman–Crippen MR) is 88.4 cm³/mol. The third-order valence-electron chi connectivity index (χ3n) is 3.69. The van der Waals surface area contributed by atoms with Crippen LogP contribution in [0.2, 0.25) is 0 Å². The van der Waals surface area contributed by atoms with E-state index in [4.69, 9.17) is 0 Å². The number of hydrogen-bond acceptors (Lipinski definition) is 2. The minimum atomic E-state index is -4.54. The molecule has 0 amide bonds. The lowest BCUT2D eigenvalue weighted by Crippen LogP contribution is -2.07. The largest absolute Gasteiger partial charge is 0.435 e. The summed E-state index contributed by atoms with van der Waals surface area (Å²) in [5.41, 5.74) is -0.415. The van der Waals surface area contributed by atoms with E-state index >= 15 is 0 Å². The fourth-order valence-corrected chi connectivity index (χ4v) is 2.38. The molecule has 0 aliphatic rings. The molecule has 0 fully saturated rings. The molecule has 1 aromatic heterocycles. The molecule has 3 aromatic rings. The molecule has 0 saturated carbocycles. The Morgan fingerprint density at radius 1 is 1.04 bits per heavy atom. The van der Waals surface area contributed by atoms with Crippen LogP contribution in [0.3, 0.4) is 0 Å². The normalized spacial score (nSPS) is 12.1. The highest BCUT2D eigenvalue weighted by Gasteiger charge is 2.33. The second-order valence-corrected chi connectivity index (χ2v) is 5.53. The van der Waals surface area contributed by atoms with Crippen LogP contribution in [0.15, 0.2) is 54.7 Å². The van der Waals surface area contributed by atoms with Crippen LogP contribution in [0.4, 0.5) is 22.0 Å². The van der Waals surface area contributed by atoms with E-state index < -0.39 is 23.5 Å². The van der Waals surface area contributed by atoms with Crippen molar-refractivity contribution < 1.29 is 22.0 Å². The molecule has 0 bridgehead atoms. The molecule has 0 atom stereocenters. The van der Waals surface area contributed by atoms with Crippen LogP contribution in [0.5, 0.6) is 0 Å². The summed E-state index contributed by atoms with van der Waals surface area (Å²) in [4.78, 5) is 0. The van der Waals surface area contributed by atoms with E-state index in [-0.39, 0.29) is 11.1 Å². The van der Waals surface area contributed by atoms with E-state index in [0.29, 0.717) is 11.3 Å². The first-order valence-electron chi connectivity index (χ1n) is 7.58. The van der Waals surface area contributed by atoms with Crippen molar-refractivity contribution in [2.24, 2.45) is 0 Å². The number of allylic oxidation sites excluding steroid dienone is 1. The lowest BCUT2D eigenvalue weighted by Gasteiger charge is -2.05. The maximum atomic E-state index is 13.8. The zero-order valence-electron chi connectivity index (χ0n) is 13.5. The minimum absolute atomic E-state index is 0.0850. The first-order chi connectivity index (χ1) is 12.8. The van der Waals surface area contributed by atoms with Gasteiger partial charge in [0.2, 0.25) is 0 Å². The Hall–Kier alpha value is -3.47. The Morgan fingerprint density at radius 3 is 2.33 bits per heavy atom. The van der Waals surface area contributed by atoms with Crippen molar-refractivity contribution >= 4 is 11.6 Å². The molecule has 2 aromatic carbocycles. The van der Waals surface area contributed by atoms with E-state index in [1.165, 1.54) is 36.5 Å². The van der Waals surface area contributed by atoms with Gasteiger partial charge in [0.25, 0.3) is 0 Å². The summed E-state index contributed by atoms with van der Waals surface area (Å²) in [5.74, 6) is -1.42. The lowest BCUT2D eigenvalue weighted by atomic mass is 10.0. The zero-order chi connectivity index (χ0) is 19.6. The Morgan fingerprint density at radius 2 is 1.74 bits per heavy atom. The van der Waals surface area contributed by atoms with Gasteiger partial charge in [0, 0.05) is 11.8 Å². The first-order valence-corrected chi connectivity index (χ1v) is 7.58. The van der Waals surface area contributed by atoms with Crippen molar-refractivity contribution in [3.63, 3.8) is 0 Å². The van der Waals surface area contributed by atoms with Gasteiger partial charge in [-0.25, -0.2) is 13.5 Å². The van der Waals surface area contributed by atoms with Gasteiger partial charge in [0.1, 0.15) is 11.6 Å². The third-order valence-corrected chi connectivity index (χ3v) is 3.69. The molecule has 0 N–H and O–H groups in total. The number of hydrogen-bond donors (Lipinski definition) is 0. The average Bonchev–Trinajstić information content (AvgIpc) is 3.13. The fraction of sp³-hybridized carbons (Fsp3) is 0.0526. The molecular weight excluding hydrogens is 365 g/mol. The third kappa shape index (κ3) is 4.03. The summed E-state index contributed by atoms with van der Waals surface area (Å²) in [5, 5.41) is 12.7. The van der Waals surface area contributed by atoms with Crippen LogP contribution >= 0.6 is 0 Å². The number of aromatic nitrogens is 2. The SMILES string of the molecule is N#C/C(=C\c1ccc(-n2ccc(C(F)(F)F)n2)cc1)c1cc(F)ccc1F. The van der Waals surface area contributed by atoms with Gasteiger partial charge in [-0.15, -0.1) is 0 Å². The molecule has 0 radical (unpaired) electrons. The predicted octanol–water partition coefficient (Wildman–Crippen LogP) is 5.23. The van der Waals surface area contributed by atoms with Crippen LogP contribution in [-0.2, 0) is 6.18 Å². The van der Waals surface area contributed by atoms with Crippen LogP contribution in [0.1, 0.15) is 16.8 Å². The van der Waals surface area contributed by atoms with Gasteiger partial charge < -0.3 is 0 Å². The summed E-state index contributed by atoms with van der Waals surface area (Å²) < 4.78 is 66.1. The number of alkyl halides is 3. The summed E-state index contributed by atoms with van der Waals surface area (Å²) in [6.45, 7) is 0. The number of halogens is 5. The quantitative estimate of drug-likeness (QED) is 0.357. The lowest BCUT2D eigenvalue weighted by molar-refractivity contribution is -0.141. The molecule has 0 saturated heterocycles. The van der Waals surface area contributed by atoms with E-state index in [1.54, 1.807) is 0 Å². The number of rotatable bonds is 3. The average molecular weight is 375 g/mol. The van der Waals surface area contributed by atoms with E-state index in [1.807, 2.05) is 6.07 Å². The van der Waals surface area contributed by atoms with Crippen LogP contribution in [0, 0.1) is 23.0 Å². The first kappa shape index (κ1) is 18.3. The second kappa shape index (κ2) is 7.03. The van der Waals surface area contributed by atoms with Crippen molar-refractivity contribution in [1.29, 1.82) is 5.26 Å². The number of nitriles is 1. The van der Waals surface area contributed by atoms with E-state index in [0.717, 1.165) is 28.9 Å². The molecular formula is C19H10F5N3. The van der Waals surface area contributed by atoms with Gasteiger partial charge in [-0.05, 0) is 48.0 Å². The summed E-state index contributed by atoms with van der Waals surface area (Å²) in [6, 6.07) is 11.5. The van der Waals surface area contributed by atoms with Gasteiger partial charge in [-0.1, -0.05) is 12.1 Å². The zero-order valence-corrected chi connectivity index (χ0v) is 13.5. The Bertz CT molecular complexity index is 1040. The molecule has 3 rings (SSSR count). The Kier molecular flexibility index (Phi) is 4.77. The van der Waals surface area contributed by atoms with Gasteiger partial charge >= 0.3 is 6.18 Å². The molecule has 136 valence electrons. The van der Waals surface area contributed by atoms with Crippen LogP contribution in [-0.4, -0.2) is 9.78 Å². The Labute approximate surface area is 150 Å². The maximum absolute atomic E-state index is 13.8. The monoisotopic (exact) mass is 375 g/mol. The summed E-state index contributed by atoms with van der Waals surface area (Å²) in [6.07, 6.45) is -2.01. The topological polar surface area (TPSA) is 41.6 Å². The second-order valence-electron chi connectivity index (χ2n) is 5.53. The molecule has 0 unspecified atom stereocenters. The number of nitrogens with zero attached hydrogens (tertiary/aromatic N) is 3. The maximum Gasteiger partial charge on any atom is 0.435 e. The minimum Gasteiger partial charge on any atom is -0.240 e. The molecule has 0 spiro atoms. The van der Waals surface area contributed by atoms with Crippen LogP contribution in [0.25, 0.3) is 17.3 Å². The highest BCUT2D eigenvalue weighted by molar-refractivity contribution is 5.89. The summed E-state index contributed by atoms with van der Waals surface area (Å²) in [7, 11) is 0. The van der Waals surface area contributed by atoms with Crippen LogP contribution < -0.4 is 0 Å². The van der Waals surface area contributed by atoms with Gasteiger partial charge in [-0.2, -0.15) is 23.5 Å². The smallest absolute Gasteiger partial charge is 0.240 e. The molecule has 8 heteroatoms. The van der Waals surface area contributed by atoms with Gasteiger partial charge in [0.15, 0.2) is 5.69 Å². The summed E-state index contributed by atoms with van der Waals surface area (Å²) >= 11 is 0. The van der Waals surface area contributed by atoms with Gasteiger partial charge in [-0.3, -0.25) is 0 Å². The molecule has 27 heavy (non-hydrogen) atoms. The molecule has 1 heterocycles. The molecule has 0 aliphatic heterocycles.